The quantitative estimate of drug-likeness (QED) is 0.714. The number of hydrogen-bond acceptors (Lipinski definition) is 4. The molecule has 1 amide bonds. The van der Waals surface area contributed by atoms with Gasteiger partial charge in [-0.15, -0.1) is 0 Å². The molecule has 112 valence electrons. The highest BCUT2D eigenvalue weighted by atomic mass is 16.5. The number of carbonyl (C=O) groups is 1. The number of carbonyl (C=O) groups excluding carboxylic acids is 1. The first kappa shape index (κ1) is 16.1. The van der Waals surface area contributed by atoms with Crippen LogP contribution in [0.3, 0.4) is 0 Å². The van der Waals surface area contributed by atoms with Crippen LogP contribution in [0.5, 0.6) is 5.75 Å². The van der Waals surface area contributed by atoms with Gasteiger partial charge in [0.1, 0.15) is 5.75 Å². The molecule has 0 heterocycles. The van der Waals surface area contributed by atoms with Crippen LogP contribution in [0.2, 0.25) is 0 Å². The van der Waals surface area contributed by atoms with Crippen LogP contribution in [-0.4, -0.2) is 32.7 Å². The Bertz CT molecular complexity index is 435. The van der Waals surface area contributed by atoms with Crippen molar-refractivity contribution in [2.75, 3.05) is 37.4 Å². The molecular formula is C15H25N3O2. The molecule has 0 radical (unpaired) electrons. The van der Waals surface area contributed by atoms with Gasteiger partial charge in [0.2, 0.25) is 5.91 Å². The molecule has 0 unspecified atom stereocenters. The summed E-state index contributed by atoms with van der Waals surface area (Å²) in [6, 6.07) is 5.69. The number of nitrogens with zero attached hydrogens (tertiary/aromatic N) is 1. The summed E-state index contributed by atoms with van der Waals surface area (Å²) in [6.07, 6.45) is 1.87. The van der Waals surface area contributed by atoms with E-state index in [0.717, 1.165) is 25.1 Å². The van der Waals surface area contributed by atoms with Crippen molar-refractivity contribution in [1.82, 2.24) is 5.32 Å². The Morgan fingerprint density at radius 2 is 2.10 bits per heavy atom. The smallest absolute Gasteiger partial charge is 0.239 e. The van der Waals surface area contributed by atoms with Crippen LogP contribution >= 0.6 is 0 Å². The maximum absolute atomic E-state index is 11.6. The SMILES string of the molecule is CCCOc1cccc(N(CCC)CC(=O)NC)c1N. The van der Waals surface area contributed by atoms with Gasteiger partial charge >= 0.3 is 0 Å². The standard InChI is InChI=1S/C15H25N3O2/c1-4-9-18(11-14(19)17-3)12-7-6-8-13(15(12)16)20-10-5-2/h6-8H,4-5,9-11,16H2,1-3H3,(H,17,19). The molecule has 0 saturated carbocycles. The Kier molecular flexibility index (Phi) is 6.70. The number of anilines is 2. The number of ether oxygens (including phenoxy) is 1. The molecule has 5 heteroatoms. The van der Waals surface area contributed by atoms with Gasteiger partial charge in [-0.3, -0.25) is 4.79 Å². The Morgan fingerprint density at radius 3 is 2.70 bits per heavy atom. The molecule has 0 aliphatic rings. The zero-order valence-corrected chi connectivity index (χ0v) is 12.6. The third-order valence-electron chi connectivity index (χ3n) is 2.95. The fraction of sp³-hybridized carbons (Fsp3) is 0.533. The van der Waals surface area contributed by atoms with Crippen molar-refractivity contribution in [1.29, 1.82) is 0 Å². The largest absolute Gasteiger partial charge is 0.491 e. The van der Waals surface area contributed by atoms with Crippen LogP contribution < -0.4 is 20.7 Å². The number of nitrogens with two attached hydrogens (primary N) is 1. The first-order chi connectivity index (χ1) is 9.63. The van der Waals surface area contributed by atoms with E-state index in [1.807, 2.05) is 23.1 Å². The number of benzene rings is 1. The van der Waals surface area contributed by atoms with E-state index in [0.29, 0.717) is 24.6 Å². The summed E-state index contributed by atoms with van der Waals surface area (Å²) in [5, 5.41) is 2.64. The minimum Gasteiger partial charge on any atom is -0.491 e. The third-order valence-corrected chi connectivity index (χ3v) is 2.95. The minimum atomic E-state index is -0.0299. The van der Waals surface area contributed by atoms with Crippen molar-refractivity contribution in [3.05, 3.63) is 18.2 Å². The van der Waals surface area contributed by atoms with E-state index in [4.69, 9.17) is 10.5 Å². The van der Waals surface area contributed by atoms with Crippen molar-refractivity contribution in [3.8, 4) is 5.75 Å². The maximum Gasteiger partial charge on any atom is 0.239 e. The van der Waals surface area contributed by atoms with Crippen molar-refractivity contribution >= 4 is 17.3 Å². The number of nitrogen functional groups attached to an aromatic ring is 1. The van der Waals surface area contributed by atoms with E-state index in [9.17, 15) is 4.79 Å². The van der Waals surface area contributed by atoms with Gasteiger partial charge in [-0.2, -0.15) is 0 Å². The maximum atomic E-state index is 11.6. The van der Waals surface area contributed by atoms with Crippen molar-refractivity contribution in [3.63, 3.8) is 0 Å². The normalized spacial score (nSPS) is 10.2. The molecule has 0 aliphatic heterocycles. The van der Waals surface area contributed by atoms with Gasteiger partial charge in [-0.05, 0) is 25.0 Å². The Hall–Kier alpha value is -1.91. The first-order valence-corrected chi connectivity index (χ1v) is 7.10. The molecule has 20 heavy (non-hydrogen) atoms. The molecule has 0 spiro atoms. The second kappa shape index (κ2) is 8.30. The topological polar surface area (TPSA) is 67.6 Å². The Labute approximate surface area is 121 Å². The van der Waals surface area contributed by atoms with Crippen LogP contribution in [0, 0.1) is 0 Å². The van der Waals surface area contributed by atoms with Crippen molar-refractivity contribution in [2.45, 2.75) is 26.7 Å². The van der Waals surface area contributed by atoms with E-state index >= 15 is 0 Å². The Morgan fingerprint density at radius 1 is 1.35 bits per heavy atom. The summed E-state index contributed by atoms with van der Waals surface area (Å²) in [4.78, 5) is 13.6. The van der Waals surface area contributed by atoms with E-state index in [1.165, 1.54) is 0 Å². The van der Waals surface area contributed by atoms with Crippen LogP contribution in [-0.2, 0) is 4.79 Å². The zero-order valence-electron chi connectivity index (χ0n) is 12.6. The van der Waals surface area contributed by atoms with Gasteiger partial charge in [0.25, 0.3) is 0 Å². The molecule has 0 saturated heterocycles. The van der Waals surface area contributed by atoms with Crippen LogP contribution in [0.1, 0.15) is 26.7 Å². The van der Waals surface area contributed by atoms with Gasteiger partial charge in [-0.25, -0.2) is 0 Å². The summed E-state index contributed by atoms with van der Waals surface area (Å²) in [5.74, 6) is 0.653. The Balaban J connectivity index is 2.97. The lowest BCUT2D eigenvalue weighted by Crippen LogP contribution is -2.36. The number of nitrogens with one attached hydrogen (secondary N) is 1. The number of likely N-dealkylation sites (N-methyl/N-ethyl adjacent to an activating group) is 1. The molecule has 3 N–H and O–H groups in total. The average Bonchev–Trinajstić information content (AvgIpc) is 2.45. The minimum absolute atomic E-state index is 0.0299. The van der Waals surface area contributed by atoms with Gasteiger partial charge in [-0.1, -0.05) is 19.9 Å². The number of para-hydroxylation sites is 1. The van der Waals surface area contributed by atoms with Gasteiger partial charge < -0.3 is 20.7 Å². The predicted molar refractivity (Wildman–Crippen MR) is 83.2 cm³/mol. The molecular weight excluding hydrogens is 254 g/mol. The predicted octanol–water partition coefficient (Wildman–Crippen LogP) is 2.02. The molecule has 1 aromatic carbocycles. The highest BCUT2D eigenvalue weighted by Gasteiger charge is 2.15. The van der Waals surface area contributed by atoms with E-state index in [1.54, 1.807) is 7.05 Å². The molecule has 0 fully saturated rings. The van der Waals surface area contributed by atoms with Gasteiger partial charge in [0, 0.05) is 13.6 Å². The average molecular weight is 279 g/mol. The van der Waals surface area contributed by atoms with Crippen molar-refractivity contribution in [2.24, 2.45) is 0 Å². The second-order valence-electron chi connectivity index (χ2n) is 4.63. The number of amides is 1. The summed E-state index contributed by atoms with van der Waals surface area (Å²) >= 11 is 0. The molecule has 0 aliphatic carbocycles. The summed E-state index contributed by atoms with van der Waals surface area (Å²) < 4.78 is 5.63. The first-order valence-electron chi connectivity index (χ1n) is 7.10. The van der Waals surface area contributed by atoms with Crippen LogP contribution in [0.25, 0.3) is 0 Å². The second-order valence-corrected chi connectivity index (χ2v) is 4.63. The molecule has 5 nitrogen and oxygen atoms in total. The van der Waals surface area contributed by atoms with E-state index in [2.05, 4.69) is 19.2 Å². The molecule has 0 atom stereocenters. The number of rotatable bonds is 8. The molecule has 0 aromatic heterocycles. The zero-order chi connectivity index (χ0) is 15.0. The molecule has 1 rings (SSSR count). The fourth-order valence-corrected chi connectivity index (χ4v) is 1.95. The van der Waals surface area contributed by atoms with Gasteiger partial charge in [0.05, 0.1) is 24.5 Å². The summed E-state index contributed by atoms with van der Waals surface area (Å²) in [7, 11) is 1.64. The van der Waals surface area contributed by atoms with E-state index in [-0.39, 0.29) is 5.91 Å². The number of hydrogen-bond donors (Lipinski definition) is 2. The van der Waals surface area contributed by atoms with Crippen molar-refractivity contribution < 1.29 is 9.53 Å². The van der Waals surface area contributed by atoms with Crippen LogP contribution in [0.15, 0.2) is 18.2 Å². The van der Waals surface area contributed by atoms with E-state index < -0.39 is 0 Å². The van der Waals surface area contributed by atoms with Crippen LogP contribution in [0.4, 0.5) is 11.4 Å². The highest BCUT2D eigenvalue weighted by Crippen LogP contribution is 2.32. The molecule has 1 aromatic rings. The lowest BCUT2D eigenvalue weighted by atomic mass is 10.2. The molecule has 0 bridgehead atoms. The lowest BCUT2D eigenvalue weighted by molar-refractivity contribution is -0.119. The van der Waals surface area contributed by atoms with Gasteiger partial charge in [0.15, 0.2) is 0 Å². The monoisotopic (exact) mass is 279 g/mol. The summed E-state index contributed by atoms with van der Waals surface area (Å²) in [6.45, 7) is 5.83. The lowest BCUT2D eigenvalue weighted by Gasteiger charge is -2.25. The highest BCUT2D eigenvalue weighted by molar-refractivity contribution is 5.84. The summed E-state index contributed by atoms with van der Waals surface area (Å²) in [5.41, 5.74) is 7.62. The fourth-order valence-electron chi connectivity index (χ4n) is 1.95. The third kappa shape index (κ3) is 4.33.